The average molecular weight is 520 g/mol. The molecule has 0 saturated heterocycles. The summed E-state index contributed by atoms with van der Waals surface area (Å²) < 4.78 is 40.1. The zero-order valence-electron chi connectivity index (χ0n) is 15.9. The van der Waals surface area contributed by atoms with Crippen LogP contribution < -0.4 is 10.0 Å². The zero-order chi connectivity index (χ0) is 19.7. The van der Waals surface area contributed by atoms with Crippen LogP contribution in [-0.4, -0.2) is 45.7 Å². The lowest BCUT2D eigenvalue weighted by Gasteiger charge is -2.22. The molecule has 154 valence electrons. The number of rotatable bonds is 8. The monoisotopic (exact) mass is 520 g/mol. The standard InChI is InChI=1S/C19H25FN4O2S.HI/c1-21-19(24(2)15-17-9-6-10-18(20)13-17)22-11-12-27(25,26)23-14-16-7-4-3-5-8-16;/h3-10,13,23H,11-12,14-15H2,1-2H3,(H,21,22);1H. The largest absolute Gasteiger partial charge is 0.355 e. The normalized spacial score (nSPS) is 11.6. The molecule has 0 radical (unpaired) electrons. The van der Waals surface area contributed by atoms with Crippen molar-refractivity contribution in [2.45, 2.75) is 13.1 Å². The minimum absolute atomic E-state index is 0. The van der Waals surface area contributed by atoms with Crippen molar-refractivity contribution in [2.24, 2.45) is 4.99 Å². The maximum atomic E-state index is 13.3. The first-order chi connectivity index (χ1) is 12.9. The SMILES string of the molecule is CN=C(NCCS(=O)(=O)NCc1ccccc1)N(C)Cc1cccc(F)c1.I. The molecule has 0 aliphatic heterocycles. The van der Waals surface area contributed by atoms with Crippen molar-refractivity contribution in [3.8, 4) is 0 Å². The third-order valence-corrected chi connectivity index (χ3v) is 5.20. The predicted octanol–water partition coefficient (Wildman–Crippen LogP) is 2.57. The number of benzene rings is 2. The molecule has 0 aliphatic rings. The summed E-state index contributed by atoms with van der Waals surface area (Å²) in [4.78, 5) is 5.95. The molecule has 0 amide bonds. The van der Waals surface area contributed by atoms with E-state index in [1.165, 1.54) is 12.1 Å². The van der Waals surface area contributed by atoms with Gasteiger partial charge in [0.05, 0.1) is 5.75 Å². The summed E-state index contributed by atoms with van der Waals surface area (Å²) in [6.07, 6.45) is 0. The van der Waals surface area contributed by atoms with E-state index in [0.717, 1.165) is 11.1 Å². The summed E-state index contributed by atoms with van der Waals surface area (Å²) in [5, 5.41) is 3.02. The molecule has 0 heterocycles. The molecule has 0 bridgehead atoms. The van der Waals surface area contributed by atoms with Crippen molar-refractivity contribution < 1.29 is 12.8 Å². The number of sulfonamides is 1. The first-order valence-corrected chi connectivity index (χ1v) is 10.2. The lowest BCUT2D eigenvalue weighted by Crippen LogP contribution is -2.41. The highest BCUT2D eigenvalue weighted by Crippen LogP contribution is 2.06. The van der Waals surface area contributed by atoms with Crippen molar-refractivity contribution >= 4 is 40.0 Å². The Morgan fingerprint density at radius 1 is 1.11 bits per heavy atom. The Balaban J connectivity index is 0.00000392. The van der Waals surface area contributed by atoms with Crippen molar-refractivity contribution in [1.82, 2.24) is 14.9 Å². The van der Waals surface area contributed by atoms with E-state index >= 15 is 0 Å². The number of nitrogens with zero attached hydrogens (tertiary/aromatic N) is 2. The summed E-state index contributed by atoms with van der Waals surface area (Å²) in [5.41, 5.74) is 1.71. The van der Waals surface area contributed by atoms with E-state index in [0.29, 0.717) is 12.5 Å². The molecule has 0 atom stereocenters. The molecule has 0 spiro atoms. The minimum Gasteiger partial charge on any atom is -0.355 e. The molecule has 6 nitrogen and oxygen atoms in total. The predicted molar refractivity (Wildman–Crippen MR) is 122 cm³/mol. The van der Waals surface area contributed by atoms with Gasteiger partial charge in [0.25, 0.3) is 0 Å². The van der Waals surface area contributed by atoms with E-state index in [4.69, 9.17) is 0 Å². The van der Waals surface area contributed by atoms with Gasteiger partial charge in [-0.15, -0.1) is 24.0 Å². The van der Waals surface area contributed by atoms with Gasteiger partial charge in [0.2, 0.25) is 10.0 Å². The Labute approximate surface area is 183 Å². The van der Waals surface area contributed by atoms with Crippen molar-refractivity contribution in [3.63, 3.8) is 0 Å². The highest BCUT2D eigenvalue weighted by Gasteiger charge is 2.12. The number of hydrogen-bond donors (Lipinski definition) is 2. The second-order valence-corrected chi connectivity index (χ2v) is 8.01. The summed E-state index contributed by atoms with van der Waals surface area (Å²) in [6, 6.07) is 15.7. The second kappa shape index (κ2) is 12.0. The Morgan fingerprint density at radius 3 is 2.43 bits per heavy atom. The molecular weight excluding hydrogens is 494 g/mol. The van der Waals surface area contributed by atoms with Crippen LogP contribution in [0.1, 0.15) is 11.1 Å². The van der Waals surface area contributed by atoms with Crippen LogP contribution >= 0.6 is 24.0 Å². The number of hydrogen-bond acceptors (Lipinski definition) is 3. The number of aliphatic imine (C=N–C) groups is 1. The summed E-state index contributed by atoms with van der Waals surface area (Å²) in [5.74, 6) is 0.170. The maximum Gasteiger partial charge on any atom is 0.213 e. The molecule has 2 N–H and O–H groups in total. The molecule has 0 fully saturated rings. The lowest BCUT2D eigenvalue weighted by molar-refractivity contribution is 0.476. The van der Waals surface area contributed by atoms with Crippen molar-refractivity contribution in [2.75, 3.05) is 26.4 Å². The average Bonchev–Trinajstić information content (AvgIpc) is 2.64. The van der Waals surface area contributed by atoms with E-state index in [1.807, 2.05) is 43.4 Å². The zero-order valence-corrected chi connectivity index (χ0v) is 19.1. The summed E-state index contributed by atoms with van der Waals surface area (Å²) in [6.45, 7) is 0.929. The van der Waals surface area contributed by atoms with Gasteiger partial charge in [0.15, 0.2) is 5.96 Å². The molecule has 0 aromatic heterocycles. The second-order valence-electron chi connectivity index (χ2n) is 6.09. The van der Waals surface area contributed by atoms with Gasteiger partial charge in [-0.3, -0.25) is 4.99 Å². The van der Waals surface area contributed by atoms with Crippen LogP contribution in [-0.2, 0) is 23.1 Å². The summed E-state index contributed by atoms with van der Waals surface area (Å²) >= 11 is 0. The van der Waals surface area contributed by atoms with Crippen LogP contribution in [0.4, 0.5) is 4.39 Å². The molecule has 2 aromatic rings. The number of guanidine groups is 1. The van der Waals surface area contributed by atoms with Gasteiger partial charge in [0.1, 0.15) is 5.82 Å². The molecule has 2 rings (SSSR count). The van der Waals surface area contributed by atoms with E-state index in [9.17, 15) is 12.8 Å². The Hall–Kier alpha value is -1.72. The molecule has 9 heteroatoms. The molecule has 0 aliphatic carbocycles. The Morgan fingerprint density at radius 2 is 1.79 bits per heavy atom. The van der Waals surface area contributed by atoms with Gasteiger partial charge in [-0.25, -0.2) is 17.5 Å². The van der Waals surface area contributed by atoms with Crippen LogP contribution in [0, 0.1) is 5.82 Å². The lowest BCUT2D eigenvalue weighted by atomic mass is 10.2. The van der Waals surface area contributed by atoms with Crippen molar-refractivity contribution in [1.29, 1.82) is 0 Å². The van der Waals surface area contributed by atoms with Crippen LogP contribution in [0.5, 0.6) is 0 Å². The number of nitrogens with one attached hydrogen (secondary N) is 2. The van der Waals surface area contributed by atoms with Crippen molar-refractivity contribution in [3.05, 3.63) is 71.5 Å². The highest BCUT2D eigenvalue weighted by molar-refractivity contribution is 14.0. The van der Waals surface area contributed by atoms with Crippen LogP contribution in [0.25, 0.3) is 0 Å². The van der Waals surface area contributed by atoms with E-state index in [-0.39, 0.29) is 48.6 Å². The van der Waals surface area contributed by atoms with Crippen LogP contribution in [0.3, 0.4) is 0 Å². The fourth-order valence-corrected chi connectivity index (χ4v) is 3.43. The quantitative estimate of drug-likeness (QED) is 0.319. The Kier molecular flexibility index (Phi) is 10.4. The summed E-state index contributed by atoms with van der Waals surface area (Å²) in [7, 11) is 0.0161. The van der Waals surface area contributed by atoms with Crippen LogP contribution in [0.15, 0.2) is 59.6 Å². The van der Waals surface area contributed by atoms with E-state index in [1.54, 1.807) is 18.0 Å². The fraction of sp³-hybridized carbons (Fsp3) is 0.316. The smallest absolute Gasteiger partial charge is 0.213 e. The van der Waals surface area contributed by atoms with Gasteiger partial charge < -0.3 is 10.2 Å². The van der Waals surface area contributed by atoms with Crippen LogP contribution in [0.2, 0.25) is 0 Å². The van der Waals surface area contributed by atoms with Gasteiger partial charge in [-0.1, -0.05) is 42.5 Å². The third-order valence-electron chi connectivity index (χ3n) is 3.88. The van der Waals surface area contributed by atoms with Gasteiger partial charge >= 0.3 is 0 Å². The van der Waals surface area contributed by atoms with E-state index in [2.05, 4.69) is 15.0 Å². The highest BCUT2D eigenvalue weighted by atomic mass is 127. The molecule has 0 unspecified atom stereocenters. The maximum absolute atomic E-state index is 13.3. The number of halogens is 2. The fourth-order valence-electron chi connectivity index (χ4n) is 2.53. The molecule has 0 saturated carbocycles. The molecule has 28 heavy (non-hydrogen) atoms. The Bertz CT molecular complexity index is 863. The topological polar surface area (TPSA) is 73.8 Å². The minimum atomic E-state index is -3.41. The van der Waals surface area contributed by atoms with Gasteiger partial charge in [-0.05, 0) is 23.3 Å². The molecular formula is C19H26FIN4O2S. The first-order valence-electron chi connectivity index (χ1n) is 8.57. The van der Waals surface area contributed by atoms with Gasteiger partial charge in [0, 0.05) is 33.7 Å². The third kappa shape index (κ3) is 8.53. The van der Waals surface area contributed by atoms with Gasteiger partial charge in [-0.2, -0.15) is 0 Å². The first kappa shape index (κ1) is 24.3. The van der Waals surface area contributed by atoms with E-state index < -0.39 is 10.0 Å². The molecule has 2 aromatic carbocycles.